The Hall–Kier alpha value is -2.53. The minimum absolute atomic E-state index is 0.185. The average molecular weight is 359 g/mol. The molecule has 6 heteroatoms. The van der Waals surface area contributed by atoms with Gasteiger partial charge in [0, 0.05) is 10.6 Å². The average Bonchev–Trinajstić information content (AvgIpc) is 3.01. The van der Waals surface area contributed by atoms with Crippen LogP contribution in [0.1, 0.15) is 12.5 Å². The number of amides is 1. The highest BCUT2D eigenvalue weighted by molar-refractivity contribution is 6.34. The minimum atomic E-state index is -0.664. The zero-order valence-electron chi connectivity index (χ0n) is 13.8. The Balaban J connectivity index is 1.50. The van der Waals surface area contributed by atoms with Crippen LogP contribution < -0.4 is 10.1 Å². The van der Waals surface area contributed by atoms with Gasteiger partial charge in [-0.25, -0.2) is 0 Å². The molecule has 1 amide bonds. The van der Waals surface area contributed by atoms with E-state index in [0.29, 0.717) is 23.9 Å². The summed E-state index contributed by atoms with van der Waals surface area (Å²) >= 11 is 6.20. The third-order valence-electron chi connectivity index (χ3n) is 3.97. The largest absolute Gasteiger partial charge is 0.492 e. The van der Waals surface area contributed by atoms with Crippen molar-refractivity contribution < 1.29 is 14.4 Å². The highest BCUT2D eigenvalue weighted by atomic mass is 35.5. The molecule has 5 nitrogen and oxygen atoms in total. The molecule has 1 aliphatic heterocycles. The maximum absolute atomic E-state index is 12.3. The summed E-state index contributed by atoms with van der Waals surface area (Å²) in [6, 6.07) is 16.8. The molecule has 25 heavy (non-hydrogen) atoms. The number of rotatable bonds is 6. The van der Waals surface area contributed by atoms with E-state index in [9.17, 15) is 4.79 Å². The molecule has 1 aliphatic rings. The summed E-state index contributed by atoms with van der Waals surface area (Å²) in [6.45, 7) is 2.68. The first kappa shape index (κ1) is 17.3. The number of halogens is 1. The molecule has 0 unspecified atom stereocenters. The Bertz CT molecular complexity index is 764. The van der Waals surface area contributed by atoms with Crippen LogP contribution in [0.15, 0.2) is 59.8 Å². The van der Waals surface area contributed by atoms with Crippen molar-refractivity contribution >= 4 is 23.2 Å². The van der Waals surface area contributed by atoms with E-state index >= 15 is 0 Å². The molecule has 1 N–H and O–H groups in total. The summed E-state index contributed by atoms with van der Waals surface area (Å²) in [4.78, 5) is 17.7. The third-order valence-corrected chi connectivity index (χ3v) is 4.30. The number of hydrogen-bond donors (Lipinski definition) is 1. The molecule has 0 aliphatic carbocycles. The molecule has 0 saturated heterocycles. The van der Waals surface area contributed by atoms with Crippen molar-refractivity contribution in [3.63, 3.8) is 0 Å². The maximum Gasteiger partial charge on any atom is 0.264 e. The molecule has 0 fully saturated rings. The number of para-hydroxylation sites is 1. The molecule has 2 atom stereocenters. The summed E-state index contributed by atoms with van der Waals surface area (Å²) in [5.74, 6) is 0.372. The Morgan fingerprint density at radius 2 is 1.92 bits per heavy atom. The lowest BCUT2D eigenvalue weighted by molar-refractivity contribution is -0.132. The minimum Gasteiger partial charge on any atom is -0.492 e. The fraction of sp³-hybridized carbons (Fsp3) is 0.263. The Morgan fingerprint density at radius 1 is 1.20 bits per heavy atom. The highest BCUT2D eigenvalue weighted by Crippen LogP contribution is 2.27. The number of benzene rings is 2. The number of carbonyl (C=O) groups is 1. The monoisotopic (exact) mass is 358 g/mol. The summed E-state index contributed by atoms with van der Waals surface area (Å²) in [6.07, 6.45) is -0.664. The lowest BCUT2D eigenvalue weighted by atomic mass is 9.94. The molecule has 1 heterocycles. The van der Waals surface area contributed by atoms with Gasteiger partial charge in [-0.3, -0.25) is 4.79 Å². The first-order valence-electron chi connectivity index (χ1n) is 8.11. The van der Waals surface area contributed by atoms with Gasteiger partial charge in [-0.15, -0.1) is 0 Å². The fourth-order valence-electron chi connectivity index (χ4n) is 2.63. The molecule has 0 radical (unpaired) electrons. The molecular formula is C19H19ClN2O3. The Morgan fingerprint density at radius 3 is 2.68 bits per heavy atom. The van der Waals surface area contributed by atoms with Crippen molar-refractivity contribution in [2.24, 2.45) is 11.1 Å². The van der Waals surface area contributed by atoms with E-state index in [1.54, 1.807) is 6.07 Å². The standard InChI is InChI=1S/C19H19ClN2O3/c1-13-17(15-9-5-6-10-16(15)20)22-25-18(13)19(23)21-11-12-24-14-7-3-2-4-8-14/h2-10,13,18H,11-12H2,1H3,(H,21,23)/t13-,18-/m0/s1. The molecule has 0 spiro atoms. The van der Waals surface area contributed by atoms with Gasteiger partial charge in [0.25, 0.3) is 5.91 Å². The molecule has 0 aromatic heterocycles. The van der Waals surface area contributed by atoms with Crippen LogP contribution in [0.3, 0.4) is 0 Å². The van der Waals surface area contributed by atoms with E-state index in [0.717, 1.165) is 11.3 Å². The van der Waals surface area contributed by atoms with E-state index in [1.165, 1.54) is 0 Å². The molecule has 2 aromatic rings. The van der Waals surface area contributed by atoms with Gasteiger partial charge in [0.15, 0.2) is 0 Å². The van der Waals surface area contributed by atoms with Gasteiger partial charge in [-0.1, -0.05) is 60.1 Å². The van der Waals surface area contributed by atoms with Crippen molar-refractivity contribution in [1.82, 2.24) is 5.32 Å². The normalized spacial score (nSPS) is 19.0. The zero-order chi connectivity index (χ0) is 17.6. The second-order valence-corrected chi connectivity index (χ2v) is 6.13. The van der Waals surface area contributed by atoms with Gasteiger partial charge in [-0.2, -0.15) is 0 Å². The van der Waals surface area contributed by atoms with E-state index in [-0.39, 0.29) is 11.8 Å². The van der Waals surface area contributed by atoms with Crippen LogP contribution in [-0.4, -0.2) is 30.9 Å². The van der Waals surface area contributed by atoms with Crippen LogP contribution in [0.4, 0.5) is 0 Å². The number of ether oxygens (including phenoxy) is 1. The van der Waals surface area contributed by atoms with Crippen LogP contribution >= 0.6 is 11.6 Å². The van der Waals surface area contributed by atoms with Gasteiger partial charge in [-0.05, 0) is 18.2 Å². The molecule has 3 rings (SSSR count). The topological polar surface area (TPSA) is 59.9 Å². The molecular weight excluding hydrogens is 340 g/mol. The predicted molar refractivity (Wildman–Crippen MR) is 97.0 cm³/mol. The first-order chi connectivity index (χ1) is 12.2. The quantitative estimate of drug-likeness (QED) is 0.806. The van der Waals surface area contributed by atoms with E-state index in [2.05, 4.69) is 10.5 Å². The lowest BCUT2D eigenvalue weighted by Gasteiger charge is -2.15. The van der Waals surface area contributed by atoms with E-state index in [4.69, 9.17) is 21.2 Å². The lowest BCUT2D eigenvalue weighted by Crippen LogP contribution is -2.40. The van der Waals surface area contributed by atoms with Crippen molar-refractivity contribution in [3.8, 4) is 5.75 Å². The number of hydrogen-bond acceptors (Lipinski definition) is 4. The van der Waals surface area contributed by atoms with Crippen molar-refractivity contribution in [1.29, 1.82) is 0 Å². The van der Waals surface area contributed by atoms with Gasteiger partial charge in [0.2, 0.25) is 6.10 Å². The van der Waals surface area contributed by atoms with E-state index < -0.39 is 6.10 Å². The highest BCUT2D eigenvalue weighted by Gasteiger charge is 2.37. The van der Waals surface area contributed by atoms with Crippen LogP contribution in [0.25, 0.3) is 0 Å². The Labute approximate surface area is 151 Å². The van der Waals surface area contributed by atoms with Crippen LogP contribution in [0.2, 0.25) is 5.02 Å². The first-order valence-corrected chi connectivity index (χ1v) is 8.49. The fourth-order valence-corrected chi connectivity index (χ4v) is 2.86. The summed E-state index contributed by atoms with van der Waals surface area (Å²) < 4.78 is 5.55. The van der Waals surface area contributed by atoms with Gasteiger partial charge < -0.3 is 14.9 Å². The molecule has 0 bridgehead atoms. The number of oxime groups is 1. The van der Waals surface area contributed by atoms with Crippen molar-refractivity contribution in [3.05, 3.63) is 65.2 Å². The van der Waals surface area contributed by atoms with Crippen LogP contribution in [0.5, 0.6) is 5.75 Å². The van der Waals surface area contributed by atoms with Crippen LogP contribution in [-0.2, 0) is 9.63 Å². The summed E-state index contributed by atoms with van der Waals surface area (Å²) in [7, 11) is 0. The second-order valence-electron chi connectivity index (χ2n) is 5.72. The number of nitrogens with one attached hydrogen (secondary N) is 1. The van der Waals surface area contributed by atoms with Gasteiger partial charge in [0.05, 0.1) is 18.2 Å². The molecule has 2 aromatic carbocycles. The van der Waals surface area contributed by atoms with Gasteiger partial charge >= 0.3 is 0 Å². The number of nitrogens with zero attached hydrogens (tertiary/aromatic N) is 1. The molecule has 0 saturated carbocycles. The zero-order valence-corrected chi connectivity index (χ0v) is 14.6. The SMILES string of the molecule is C[C@H]1C(c2ccccc2Cl)=NO[C@@H]1C(=O)NCCOc1ccccc1. The van der Waals surface area contributed by atoms with E-state index in [1.807, 2.05) is 55.5 Å². The maximum atomic E-state index is 12.3. The Kier molecular flexibility index (Phi) is 5.56. The van der Waals surface area contributed by atoms with Crippen molar-refractivity contribution in [2.45, 2.75) is 13.0 Å². The smallest absolute Gasteiger partial charge is 0.264 e. The third kappa shape index (κ3) is 4.12. The second kappa shape index (κ2) is 8.03. The predicted octanol–water partition coefficient (Wildman–Crippen LogP) is 3.27. The van der Waals surface area contributed by atoms with Crippen molar-refractivity contribution in [2.75, 3.05) is 13.2 Å². The summed E-state index contributed by atoms with van der Waals surface area (Å²) in [5.41, 5.74) is 1.48. The molecule has 130 valence electrons. The van der Waals surface area contributed by atoms with Crippen LogP contribution in [0, 0.1) is 5.92 Å². The summed E-state index contributed by atoms with van der Waals surface area (Å²) in [5, 5.41) is 7.47. The number of carbonyl (C=O) groups excluding carboxylic acids is 1. The van der Waals surface area contributed by atoms with Gasteiger partial charge in [0.1, 0.15) is 12.4 Å².